The van der Waals surface area contributed by atoms with Crippen molar-refractivity contribution in [3.8, 4) is 5.69 Å². The third-order valence-corrected chi connectivity index (χ3v) is 4.79. The molecule has 0 spiro atoms. The number of nitrogens with zero attached hydrogens (tertiary/aromatic N) is 5. The largest absolute Gasteiger partial charge is 0.269 e. The van der Waals surface area contributed by atoms with Crippen molar-refractivity contribution in [3.05, 3.63) is 81.0 Å². The van der Waals surface area contributed by atoms with Crippen LogP contribution in [0.2, 0.25) is 5.02 Å². The van der Waals surface area contributed by atoms with E-state index in [4.69, 9.17) is 11.6 Å². The molecule has 4 rings (SSSR count). The number of halogens is 1. The first kappa shape index (κ1) is 18.3. The van der Waals surface area contributed by atoms with Crippen LogP contribution < -0.4 is 11.1 Å². The topological polar surface area (TPSA) is 101 Å². The molecular formula is C17H14ClN7O2S. The quantitative estimate of drug-likeness (QED) is 0.336. The lowest BCUT2D eigenvalue weighted by Gasteiger charge is -2.18. The molecule has 11 heteroatoms. The minimum Gasteiger partial charge on any atom is -0.266 e. The van der Waals surface area contributed by atoms with Gasteiger partial charge >= 0.3 is 0 Å². The summed E-state index contributed by atoms with van der Waals surface area (Å²) >= 11 is 10.7. The van der Waals surface area contributed by atoms with E-state index >= 15 is 0 Å². The molecule has 28 heavy (non-hydrogen) atoms. The molecule has 0 saturated heterocycles. The molecule has 1 aliphatic heterocycles. The van der Waals surface area contributed by atoms with E-state index in [2.05, 4.69) is 33.9 Å². The van der Waals surface area contributed by atoms with Gasteiger partial charge in [-0.3, -0.25) is 15.1 Å². The van der Waals surface area contributed by atoms with Gasteiger partial charge in [-0.1, -0.05) is 29.8 Å². The molecule has 0 bridgehead atoms. The Morgan fingerprint density at radius 3 is 2.71 bits per heavy atom. The third kappa shape index (κ3) is 3.52. The predicted octanol–water partition coefficient (Wildman–Crippen LogP) is 2.91. The van der Waals surface area contributed by atoms with Crippen molar-refractivity contribution < 1.29 is 4.92 Å². The number of hydrogen-bond donors (Lipinski definition) is 3. The van der Waals surface area contributed by atoms with E-state index in [-0.39, 0.29) is 5.69 Å². The first-order valence-electron chi connectivity index (χ1n) is 8.15. The van der Waals surface area contributed by atoms with Crippen LogP contribution in [0.4, 0.5) is 5.69 Å². The lowest BCUT2D eigenvalue weighted by molar-refractivity contribution is -0.384. The summed E-state index contributed by atoms with van der Waals surface area (Å²) in [6.45, 7) is 0.430. The summed E-state index contributed by atoms with van der Waals surface area (Å²) in [5.41, 5.74) is 8.06. The standard InChI is InChI=1S/C17H14ClN7O2S/c18-12-2-1-3-14(8-12)24-17(28)15(9-19-24)16-20-21-22-23(16)10-11-4-6-13(7-5-11)25(26)27/h1-9,21-22,28H,10H2. The average Bonchev–Trinajstić information content (AvgIpc) is 3.28. The zero-order valence-corrected chi connectivity index (χ0v) is 15.9. The van der Waals surface area contributed by atoms with E-state index in [0.29, 0.717) is 28.0 Å². The van der Waals surface area contributed by atoms with Crippen LogP contribution in [0, 0.1) is 10.1 Å². The van der Waals surface area contributed by atoms with E-state index in [1.54, 1.807) is 40.2 Å². The highest BCUT2D eigenvalue weighted by Gasteiger charge is 2.24. The summed E-state index contributed by atoms with van der Waals surface area (Å²) in [7, 11) is 0. The minimum absolute atomic E-state index is 0.0468. The van der Waals surface area contributed by atoms with Crippen molar-refractivity contribution in [2.45, 2.75) is 11.6 Å². The summed E-state index contributed by atoms with van der Waals surface area (Å²) in [6, 6.07) is 13.6. The van der Waals surface area contributed by atoms with Gasteiger partial charge in [-0.2, -0.15) is 5.10 Å². The lowest BCUT2D eigenvalue weighted by Crippen LogP contribution is -2.40. The van der Waals surface area contributed by atoms with Gasteiger partial charge in [0.2, 0.25) is 0 Å². The molecule has 0 amide bonds. The summed E-state index contributed by atoms with van der Waals surface area (Å²) in [5.74, 6) is 0.594. The summed E-state index contributed by atoms with van der Waals surface area (Å²) < 4.78 is 1.66. The fourth-order valence-corrected chi connectivity index (χ4v) is 3.28. The maximum atomic E-state index is 10.8. The second-order valence-electron chi connectivity index (χ2n) is 5.94. The average molecular weight is 416 g/mol. The van der Waals surface area contributed by atoms with Gasteiger partial charge < -0.3 is 0 Å². The van der Waals surface area contributed by atoms with Crippen LogP contribution in [0.5, 0.6) is 0 Å². The van der Waals surface area contributed by atoms with Gasteiger partial charge in [0.25, 0.3) is 5.69 Å². The van der Waals surface area contributed by atoms with Crippen molar-refractivity contribution in [3.63, 3.8) is 0 Å². The molecule has 0 fully saturated rings. The number of nitro groups is 1. The van der Waals surface area contributed by atoms with Crippen LogP contribution in [-0.4, -0.2) is 25.5 Å². The molecule has 0 radical (unpaired) electrons. The monoisotopic (exact) mass is 415 g/mol. The number of aromatic nitrogens is 2. The van der Waals surface area contributed by atoms with E-state index in [1.165, 1.54) is 12.1 Å². The van der Waals surface area contributed by atoms with Gasteiger partial charge in [0.15, 0.2) is 5.84 Å². The van der Waals surface area contributed by atoms with Crippen LogP contribution in [0.15, 0.2) is 64.9 Å². The Bertz CT molecular complexity index is 1070. The SMILES string of the molecule is O=[N+]([O-])c1ccc(CN2NNN=C2c2cnn(-c3cccc(Cl)c3)c2S)cc1. The number of nitrogens with one attached hydrogen (secondary N) is 2. The third-order valence-electron chi connectivity index (χ3n) is 4.13. The number of hydrazine groups is 2. The summed E-state index contributed by atoms with van der Waals surface area (Å²) in [6.07, 6.45) is 1.67. The molecule has 0 aliphatic carbocycles. The number of hydrogen-bond acceptors (Lipinski definition) is 8. The fourth-order valence-electron chi connectivity index (χ4n) is 2.77. The van der Waals surface area contributed by atoms with Gasteiger partial charge in [-0.15, -0.1) is 23.3 Å². The molecule has 1 aliphatic rings. The van der Waals surface area contributed by atoms with Gasteiger partial charge in [-0.25, -0.2) is 10.2 Å². The summed E-state index contributed by atoms with van der Waals surface area (Å²) in [4.78, 5) is 10.4. The molecule has 2 N–H and O–H groups in total. The molecule has 142 valence electrons. The number of benzene rings is 2. The molecule has 0 unspecified atom stereocenters. The van der Waals surface area contributed by atoms with Gasteiger partial charge in [0.05, 0.1) is 28.9 Å². The maximum Gasteiger partial charge on any atom is 0.269 e. The number of thiol groups is 1. The molecule has 0 atom stereocenters. The second kappa shape index (κ2) is 7.50. The zero-order valence-electron chi connectivity index (χ0n) is 14.3. The Balaban J connectivity index is 1.58. The van der Waals surface area contributed by atoms with Crippen molar-refractivity contribution in [1.82, 2.24) is 25.9 Å². The number of non-ortho nitro benzene ring substituents is 1. The number of nitro benzene ring substituents is 1. The van der Waals surface area contributed by atoms with E-state index in [0.717, 1.165) is 11.3 Å². The smallest absolute Gasteiger partial charge is 0.266 e. The highest BCUT2D eigenvalue weighted by molar-refractivity contribution is 7.80. The second-order valence-corrected chi connectivity index (χ2v) is 6.80. The Labute approximate surface area is 170 Å². The lowest BCUT2D eigenvalue weighted by atomic mass is 10.2. The van der Waals surface area contributed by atoms with Crippen LogP contribution >= 0.6 is 24.2 Å². The number of hydrazone groups is 1. The van der Waals surface area contributed by atoms with Crippen molar-refractivity contribution in [2.75, 3.05) is 0 Å². The molecule has 2 aromatic carbocycles. The minimum atomic E-state index is -0.427. The van der Waals surface area contributed by atoms with Crippen molar-refractivity contribution >= 4 is 35.8 Å². The van der Waals surface area contributed by atoms with Crippen molar-refractivity contribution in [1.29, 1.82) is 0 Å². The Kier molecular flexibility index (Phi) is 4.90. The van der Waals surface area contributed by atoms with E-state index in [1.807, 2.05) is 12.1 Å². The van der Waals surface area contributed by atoms with Crippen LogP contribution in [-0.2, 0) is 6.54 Å². The Hall–Kier alpha value is -3.08. The molecular weight excluding hydrogens is 402 g/mol. The van der Waals surface area contributed by atoms with Crippen molar-refractivity contribution in [2.24, 2.45) is 5.10 Å². The van der Waals surface area contributed by atoms with Gasteiger partial charge in [0.1, 0.15) is 5.03 Å². The highest BCUT2D eigenvalue weighted by atomic mass is 35.5. The van der Waals surface area contributed by atoms with E-state index < -0.39 is 4.92 Å². The number of rotatable bonds is 5. The highest BCUT2D eigenvalue weighted by Crippen LogP contribution is 2.23. The first-order valence-corrected chi connectivity index (χ1v) is 8.98. The molecule has 3 aromatic rings. The normalized spacial score (nSPS) is 13.4. The van der Waals surface area contributed by atoms with Gasteiger partial charge in [0, 0.05) is 17.2 Å². The van der Waals surface area contributed by atoms with Crippen LogP contribution in [0.3, 0.4) is 0 Å². The molecule has 0 saturated carbocycles. The van der Waals surface area contributed by atoms with Crippen LogP contribution in [0.1, 0.15) is 11.1 Å². The molecule has 9 nitrogen and oxygen atoms in total. The maximum absolute atomic E-state index is 10.8. The Morgan fingerprint density at radius 2 is 2.00 bits per heavy atom. The summed E-state index contributed by atoms with van der Waals surface area (Å²) in [5, 5.41) is 22.4. The Morgan fingerprint density at radius 1 is 1.21 bits per heavy atom. The zero-order chi connectivity index (χ0) is 19.7. The fraction of sp³-hybridized carbons (Fsp3) is 0.0588. The first-order chi connectivity index (χ1) is 13.5. The van der Waals surface area contributed by atoms with E-state index in [9.17, 15) is 10.1 Å². The van der Waals surface area contributed by atoms with Gasteiger partial charge in [-0.05, 0) is 23.8 Å². The molecule has 2 heterocycles. The predicted molar refractivity (Wildman–Crippen MR) is 107 cm³/mol. The molecule has 1 aromatic heterocycles. The van der Waals surface area contributed by atoms with Crippen LogP contribution in [0.25, 0.3) is 5.69 Å². The number of amidine groups is 1.